The van der Waals surface area contributed by atoms with Gasteiger partial charge in [-0.2, -0.15) is 0 Å². The molecule has 1 fully saturated rings. The van der Waals surface area contributed by atoms with Gasteiger partial charge in [-0.15, -0.1) is 0 Å². The molecule has 94 valence electrons. The second kappa shape index (κ2) is 5.07. The topological polar surface area (TPSA) is 38.5 Å². The zero-order valence-corrected chi connectivity index (χ0v) is 10.9. The Morgan fingerprint density at radius 2 is 1.94 bits per heavy atom. The van der Waals surface area contributed by atoms with Crippen LogP contribution in [0.15, 0.2) is 18.2 Å². The number of hydrogen-bond donors (Lipinski definition) is 1. The van der Waals surface area contributed by atoms with E-state index in [0.29, 0.717) is 12.2 Å². The van der Waals surface area contributed by atoms with Gasteiger partial charge in [0.1, 0.15) is 0 Å². The molecule has 0 aromatic heterocycles. The first-order valence-corrected chi connectivity index (χ1v) is 6.27. The fraction of sp³-hybridized carbons (Fsp3) is 0.571. The molecule has 1 aromatic carbocycles. The first kappa shape index (κ1) is 12.4. The van der Waals surface area contributed by atoms with E-state index in [9.17, 15) is 0 Å². The van der Waals surface area contributed by atoms with Crippen molar-refractivity contribution in [3.05, 3.63) is 29.3 Å². The standard InChI is InChI=1S/C14H22N2O/c1-10-4-5-13(6-14(10)15)9-16-7-11(2)17-12(3)8-16/h4-6,11-12H,7-9,15H2,1-3H3. The van der Waals surface area contributed by atoms with Crippen LogP contribution in [0.5, 0.6) is 0 Å². The summed E-state index contributed by atoms with van der Waals surface area (Å²) in [6.07, 6.45) is 0.642. The number of nitrogen functional groups attached to an aromatic ring is 1. The van der Waals surface area contributed by atoms with Crippen LogP contribution >= 0.6 is 0 Å². The maximum atomic E-state index is 5.94. The number of hydrogen-bond acceptors (Lipinski definition) is 3. The van der Waals surface area contributed by atoms with E-state index in [1.807, 2.05) is 6.92 Å². The molecule has 2 atom stereocenters. The Morgan fingerprint density at radius 3 is 2.53 bits per heavy atom. The molecule has 2 N–H and O–H groups in total. The lowest BCUT2D eigenvalue weighted by atomic mass is 10.1. The Balaban J connectivity index is 2.02. The molecule has 2 unspecified atom stereocenters. The fourth-order valence-corrected chi connectivity index (χ4v) is 2.46. The van der Waals surface area contributed by atoms with Gasteiger partial charge in [0, 0.05) is 25.3 Å². The zero-order valence-electron chi connectivity index (χ0n) is 10.9. The van der Waals surface area contributed by atoms with Gasteiger partial charge < -0.3 is 10.5 Å². The molecule has 2 rings (SSSR count). The number of ether oxygens (including phenoxy) is 1. The lowest BCUT2D eigenvalue weighted by Crippen LogP contribution is -2.44. The fourth-order valence-electron chi connectivity index (χ4n) is 2.46. The Morgan fingerprint density at radius 1 is 1.29 bits per heavy atom. The number of benzene rings is 1. The molecular formula is C14H22N2O. The van der Waals surface area contributed by atoms with Crippen LogP contribution in [0.25, 0.3) is 0 Å². The number of rotatable bonds is 2. The quantitative estimate of drug-likeness (QED) is 0.797. The van der Waals surface area contributed by atoms with Gasteiger partial charge >= 0.3 is 0 Å². The van der Waals surface area contributed by atoms with Gasteiger partial charge in [0.25, 0.3) is 0 Å². The molecule has 17 heavy (non-hydrogen) atoms. The molecule has 0 saturated carbocycles. The van der Waals surface area contributed by atoms with Gasteiger partial charge in [-0.05, 0) is 38.0 Å². The monoisotopic (exact) mass is 234 g/mol. The summed E-state index contributed by atoms with van der Waals surface area (Å²) in [6.45, 7) is 9.26. The van der Waals surface area contributed by atoms with Crippen LogP contribution in [0.4, 0.5) is 5.69 Å². The van der Waals surface area contributed by atoms with Gasteiger partial charge in [0.05, 0.1) is 12.2 Å². The summed E-state index contributed by atoms with van der Waals surface area (Å²) in [5, 5.41) is 0. The molecule has 1 aliphatic rings. The summed E-state index contributed by atoms with van der Waals surface area (Å²) in [5.74, 6) is 0. The first-order chi connectivity index (χ1) is 8.04. The molecule has 1 heterocycles. The third kappa shape index (κ3) is 3.20. The second-order valence-electron chi connectivity index (χ2n) is 5.14. The summed E-state index contributed by atoms with van der Waals surface area (Å²) in [5.41, 5.74) is 9.26. The highest BCUT2D eigenvalue weighted by Crippen LogP contribution is 2.17. The number of morpholine rings is 1. The van der Waals surface area contributed by atoms with Crippen molar-refractivity contribution in [1.29, 1.82) is 0 Å². The molecule has 1 aliphatic heterocycles. The van der Waals surface area contributed by atoms with Crippen molar-refractivity contribution in [2.45, 2.75) is 39.5 Å². The smallest absolute Gasteiger partial charge is 0.0678 e. The van der Waals surface area contributed by atoms with Crippen molar-refractivity contribution in [3.8, 4) is 0 Å². The second-order valence-corrected chi connectivity index (χ2v) is 5.14. The molecule has 0 aliphatic carbocycles. The summed E-state index contributed by atoms with van der Waals surface area (Å²) >= 11 is 0. The molecule has 1 aromatic rings. The minimum atomic E-state index is 0.321. The van der Waals surface area contributed by atoms with E-state index in [4.69, 9.17) is 10.5 Å². The summed E-state index contributed by atoms with van der Waals surface area (Å²) in [7, 11) is 0. The van der Waals surface area contributed by atoms with Crippen LogP contribution in [0.2, 0.25) is 0 Å². The summed E-state index contributed by atoms with van der Waals surface area (Å²) in [4.78, 5) is 2.43. The lowest BCUT2D eigenvalue weighted by molar-refractivity contribution is -0.0704. The van der Waals surface area contributed by atoms with Gasteiger partial charge in [-0.25, -0.2) is 0 Å². The van der Waals surface area contributed by atoms with Crippen molar-refractivity contribution in [1.82, 2.24) is 4.90 Å². The average Bonchev–Trinajstić information content (AvgIpc) is 2.22. The third-order valence-corrected chi connectivity index (χ3v) is 3.25. The van der Waals surface area contributed by atoms with E-state index in [0.717, 1.165) is 30.9 Å². The van der Waals surface area contributed by atoms with E-state index < -0.39 is 0 Å². The van der Waals surface area contributed by atoms with Crippen molar-refractivity contribution < 1.29 is 4.74 Å². The van der Waals surface area contributed by atoms with Gasteiger partial charge in [0.15, 0.2) is 0 Å². The number of anilines is 1. The summed E-state index contributed by atoms with van der Waals surface area (Å²) < 4.78 is 5.73. The minimum absolute atomic E-state index is 0.321. The molecule has 0 bridgehead atoms. The Bertz CT molecular complexity index is 382. The highest BCUT2D eigenvalue weighted by Gasteiger charge is 2.21. The van der Waals surface area contributed by atoms with Crippen LogP contribution in [-0.4, -0.2) is 30.2 Å². The number of nitrogens with zero attached hydrogens (tertiary/aromatic N) is 1. The molecule has 3 heteroatoms. The van der Waals surface area contributed by atoms with E-state index >= 15 is 0 Å². The largest absolute Gasteiger partial charge is 0.399 e. The number of nitrogens with two attached hydrogens (primary N) is 1. The van der Waals surface area contributed by atoms with E-state index in [1.54, 1.807) is 0 Å². The van der Waals surface area contributed by atoms with Crippen LogP contribution in [0, 0.1) is 6.92 Å². The van der Waals surface area contributed by atoms with Gasteiger partial charge in [0.2, 0.25) is 0 Å². The van der Waals surface area contributed by atoms with Crippen LogP contribution in [0.1, 0.15) is 25.0 Å². The zero-order chi connectivity index (χ0) is 12.4. The van der Waals surface area contributed by atoms with E-state index in [-0.39, 0.29) is 0 Å². The van der Waals surface area contributed by atoms with Gasteiger partial charge in [-0.1, -0.05) is 12.1 Å². The highest BCUT2D eigenvalue weighted by atomic mass is 16.5. The minimum Gasteiger partial charge on any atom is -0.399 e. The van der Waals surface area contributed by atoms with Gasteiger partial charge in [-0.3, -0.25) is 4.90 Å². The van der Waals surface area contributed by atoms with Crippen molar-refractivity contribution in [3.63, 3.8) is 0 Å². The van der Waals surface area contributed by atoms with E-state index in [1.165, 1.54) is 5.56 Å². The molecule has 1 saturated heterocycles. The van der Waals surface area contributed by atoms with Crippen LogP contribution in [0.3, 0.4) is 0 Å². The predicted octanol–water partition coefficient (Wildman–Crippen LogP) is 2.19. The maximum Gasteiger partial charge on any atom is 0.0678 e. The number of aryl methyl sites for hydroxylation is 1. The highest BCUT2D eigenvalue weighted by molar-refractivity contribution is 5.48. The van der Waals surface area contributed by atoms with Crippen molar-refractivity contribution >= 4 is 5.69 Å². The average molecular weight is 234 g/mol. The molecule has 0 amide bonds. The lowest BCUT2D eigenvalue weighted by Gasteiger charge is -2.35. The Hall–Kier alpha value is -1.06. The van der Waals surface area contributed by atoms with Crippen molar-refractivity contribution in [2.75, 3.05) is 18.8 Å². The normalized spacial score (nSPS) is 26.1. The van der Waals surface area contributed by atoms with Crippen molar-refractivity contribution in [2.24, 2.45) is 0 Å². The predicted molar refractivity (Wildman–Crippen MR) is 70.9 cm³/mol. The Labute approximate surface area is 104 Å². The molecule has 3 nitrogen and oxygen atoms in total. The third-order valence-electron chi connectivity index (χ3n) is 3.25. The van der Waals surface area contributed by atoms with Crippen LogP contribution in [-0.2, 0) is 11.3 Å². The summed E-state index contributed by atoms with van der Waals surface area (Å²) in [6, 6.07) is 6.34. The Kier molecular flexibility index (Phi) is 3.69. The first-order valence-electron chi connectivity index (χ1n) is 6.27. The molecule has 0 spiro atoms. The molecular weight excluding hydrogens is 212 g/mol. The van der Waals surface area contributed by atoms with E-state index in [2.05, 4.69) is 36.9 Å². The van der Waals surface area contributed by atoms with Crippen LogP contribution < -0.4 is 5.73 Å². The molecule has 0 radical (unpaired) electrons. The maximum absolute atomic E-state index is 5.94. The SMILES string of the molecule is Cc1ccc(CN2CC(C)OC(C)C2)cc1N.